The third kappa shape index (κ3) is 3.34. The number of amides is 1. The van der Waals surface area contributed by atoms with Crippen molar-refractivity contribution >= 4 is 27.3 Å². The van der Waals surface area contributed by atoms with E-state index in [4.69, 9.17) is 0 Å². The predicted octanol–water partition coefficient (Wildman–Crippen LogP) is 2.75. The SMILES string of the molecule is O=C1N(CC2CC2)CCCC1(O)CNCc1ccc2sccc2c1. The van der Waals surface area contributed by atoms with Crippen LogP contribution in [0, 0.1) is 5.92 Å². The topological polar surface area (TPSA) is 52.6 Å². The summed E-state index contributed by atoms with van der Waals surface area (Å²) in [5.74, 6) is 0.586. The zero-order valence-electron chi connectivity index (χ0n) is 13.8. The first-order chi connectivity index (χ1) is 11.6. The van der Waals surface area contributed by atoms with Crippen molar-refractivity contribution in [2.24, 2.45) is 5.92 Å². The number of carbonyl (C=O) groups excluding carboxylic acids is 1. The normalized spacial score (nSPS) is 24.7. The Bertz CT molecular complexity index is 740. The van der Waals surface area contributed by atoms with E-state index in [1.54, 1.807) is 11.3 Å². The molecule has 0 radical (unpaired) electrons. The van der Waals surface area contributed by atoms with Crippen LogP contribution in [0.25, 0.3) is 10.1 Å². The molecular formula is C19H24N2O2S. The summed E-state index contributed by atoms with van der Waals surface area (Å²) >= 11 is 1.74. The second kappa shape index (κ2) is 6.47. The number of piperidine rings is 1. The second-order valence-electron chi connectivity index (χ2n) is 7.23. The van der Waals surface area contributed by atoms with Gasteiger partial charge in [0.15, 0.2) is 5.60 Å². The summed E-state index contributed by atoms with van der Waals surface area (Å²) < 4.78 is 1.29. The molecule has 2 heterocycles. The number of carbonyl (C=O) groups is 1. The van der Waals surface area contributed by atoms with Crippen LogP contribution in [0.15, 0.2) is 29.6 Å². The minimum absolute atomic E-state index is 0.0820. The average Bonchev–Trinajstić information content (AvgIpc) is 3.26. The zero-order valence-corrected chi connectivity index (χ0v) is 14.6. The smallest absolute Gasteiger partial charge is 0.255 e. The fourth-order valence-electron chi connectivity index (χ4n) is 3.56. The van der Waals surface area contributed by atoms with Crippen molar-refractivity contribution in [1.29, 1.82) is 0 Å². The van der Waals surface area contributed by atoms with Gasteiger partial charge in [-0.3, -0.25) is 4.79 Å². The fraction of sp³-hybridized carbons (Fsp3) is 0.526. The van der Waals surface area contributed by atoms with E-state index >= 15 is 0 Å². The van der Waals surface area contributed by atoms with Crippen LogP contribution in [0.1, 0.15) is 31.2 Å². The Morgan fingerprint density at radius 1 is 1.33 bits per heavy atom. The Hall–Kier alpha value is -1.43. The van der Waals surface area contributed by atoms with Gasteiger partial charge >= 0.3 is 0 Å². The van der Waals surface area contributed by atoms with Crippen molar-refractivity contribution in [1.82, 2.24) is 10.2 Å². The van der Waals surface area contributed by atoms with Crippen LogP contribution < -0.4 is 5.32 Å². The van der Waals surface area contributed by atoms with Crippen LogP contribution in [0.2, 0.25) is 0 Å². The van der Waals surface area contributed by atoms with Gasteiger partial charge in [0, 0.05) is 30.9 Å². The molecule has 2 N–H and O–H groups in total. The summed E-state index contributed by atoms with van der Waals surface area (Å²) in [5.41, 5.74) is -0.0535. The van der Waals surface area contributed by atoms with Gasteiger partial charge in [-0.25, -0.2) is 0 Å². The first-order valence-corrected chi connectivity index (χ1v) is 9.71. The number of hydrogen-bond acceptors (Lipinski definition) is 4. The van der Waals surface area contributed by atoms with E-state index in [1.807, 2.05) is 4.90 Å². The minimum Gasteiger partial charge on any atom is -0.379 e. The summed E-state index contributed by atoms with van der Waals surface area (Å²) in [6.45, 7) is 2.63. The van der Waals surface area contributed by atoms with Crippen LogP contribution in [0.5, 0.6) is 0 Å². The summed E-state index contributed by atoms with van der Waals surface area (Å²) in [6, 6.07) is 8.54. The Morgan fingerprint density at radius 3 is 3.04 bits per heavy atom. The molecule has 1 unspecified atom stereocenters. The van der Waals surface area contributed by atoms with E-state index in [1.165, 1.54) is 28.5 Å². The molecule has 1 atom stereocenters. The molecule has 1 aromatic carbocycles. The molecule has 4 rings (SSSR count). The van der Waals surface area contributed by atoms with Crippen molar-refractivity contribution < 1.29 is 9.90 Å². The van der Waals surface area contributed by atoms with E-state index in [9.17, 15) is 9.90 Å². The molecule has 2 aliphatic rings. The number of likely N-dealkylation sites (tertiary alicyclic amines) is 1. The van der Waals surface area contributed by atoms with Crippen molar-refractivity contribution in [3.05, 3.63) is 35.2 Å². The van der Waals surface area contributed by atoms with Crippen molar-refractivity contribution in [3.8, 4) is 0 Å². The largest absolute Gasteiger partial charge is 0.379 e. The Morgan fingerprint density at radius 2 is 2.21 bits per heavy atom. The molecule has 2 aromatic rings. The maximum absolute atomic E-state index is 12.6. The zero-order chi connectivity index (χ0) is 16.6. The van der Waals surface area contributed by atoms with Crippen LogP contribution in [-0.4, -0.2) is 41.1 Å². The lowest BCUT2D eigenvalue weighted by atomic mass is 9.91. The van der Waals surface area contributed by atoms with Crippen LogP contribution in [0.4, 0.5) is 0 Å². The molecule has 24 heavy (non-hydrogen) atoms. The summed E-state index contributed by atoms with van der Waals surface area (Å²) in [6.07, 6.45) is 3.90. The van der Waals surface area contributed by atoms with Gasteiger partial charge < -0.3 is 15.3 Å². The highest BCUT2D eigenvalue weighted by Crippen LogP contribution is 2.32. The summed E-state index contributed by atoms with van der Waals surface area (Å²) in [4.78, 5) is 14.5. The maximum Gasteiger partial charge on any atom is 0.255 e. The van der Waals surface area contributed by atoms with Gasteiger partial charge in [0.25, 0.3) is 5.91 Å². The lowest BCUT2D eigenvalue weighted by molar-refractivity contribution is -0.156. The molecule has 0 spiro atoms. The molecule has 4 nitrogen and oxygen atoms in total. The molecule has 5 heteroatoms. The predicted molar refractivity (Wildman–Crippen MR) is 97.0 cm³/mol. The number of hydrogen-bond donors (Lipinski definition) is 2. The molecule has 0 bridgehead atoms. The first kappa shape index (κ1) is 16.1. The molecule has 1 aliphatic heterocycles. The van der Waals surface area contributed by atoms with Gasteiger partial charge in [-0.2, -0.15) is 0 Å². The number of thiophene rings is 1. The van der Waals surface area contributed by atoms with Crippen molar-refractivity contribution in [3.63, 3.8) is 0 Å². The highest BCUT2D eigenvalue weighted by Gasteiger charge is 2.43. The summed E-state index contributed by atoms with van der Waals surface area (Å²) in [5, 5.41) is 17.5. The van der Waals surface area contributed by atoms with Crippen LogP contribution >= 0.6 is 11.3 Å². The van der Waals surface area contributed by atoms with Gasteiger partial charge in [-0.15, -0.1) is 11.3 Å². The molecular weight excluding hydrogens is 320 g/mol. The molecule has 1 saturated heterocycles. The second-order valence-corrected chi connectivity index (χ2v) is 8.17. The molecule has 1 aliphatic carbocycles. The standard InChI is InChI=1S/C19H24N2O2S/c22-18-19(23,7-1-8-21(18)12-14-2-3-14)13-20-11-15-4-5-17-16(10-15)6-9-24-17/h4-6,9-10,14,20,23H,1-3,7-8,11-13H2. The van der Waals surface area contributed by atoms with Gasteiger partial charge in [0.05, 0.1) is 0 Å². The maximum atomic E-state index is 12.6. The Labute approximate surface area is 146 Å². The Balaban J connectivity index is 1.35. The number of benzene rings is 1. The minimum atomic E-state index is -1.24. The van der Waals surface area contributed by atoms with Crippen molar-refractivity contribution in [2.45, 2.75) is 37.8 Å². The van der Waals surface area contributed by atoms with Crippen LogP contribution in [0.3, 0.4) is 0 Å². The van der Waals surface area contributed by atoms with E-state index in [2.05, 4.69) is 35.0 Å². The van der Waals surface area contributed by atoms with Crippen LogP contribution in [-0.2, 0) is 11.3 Å². The van der Waals surface area contributed by atoms with Gasteiger partial charge in [-0.1, -0.05) is 6.07 Å². The molecule has 128 valence electrons. The molecule has 1 aromatic heterocycles. The number of fused-ring (bicyclic) bond motifs is 1. The fourth-order valence-corrected chi connectivity index (χ4v) is 4.33. The lowest BCUT2D eigenvalue weighted by Crippen LogP contribution is -2.58. The van der Waals surface area contributed by atoms with E-state index in [-0.39, 0.29) is 5.91 Å². The van der Waals surface area contributed by atoms with Gasteiger partial charge in [0.2, 0.25) is 0 Å². The quantitative estimate of drug-likeness (QED) is 0.847. The van der Waals surface area contributed by atoms with Crippen molar-refractivity contribution in [2.75, 3.05) is 19.6 Å². The van der Waals surface area contributed by atoms with Gasteiger partial charge in [0.1, 0.15) is 0 Å². The molecule has 1 saturated carbocycles. The third-order valence-electron chi connectivity index (χ3n) is 5.14. The lowest BCUT2D eigenvalue weighted by Gasteiger charge is -2.38. The molecule has 2 fully saturated rings. The molecule has 1 amide bonds. The monoisotopic (exact) mass is 344 g/mol. The number of rotatable bonds is 6. The van der Waals surface area contributed by atoms with E-state index in [0.717, 1.165) is 19.5 Å². The number of nitrogens with zero attached hydrogens (tertiary/aromatic N) is 1. The highest BCUT2D eigenvalue weighted by molar-refractivity contribution is 7.17. The van der Waals surface area contributed by atoms with Gasteiger partial charge in [-0.05, 0) is 66.1 Å². The third-order valence-corrected chi connectivity index (χ3v) is 6.04. The first-order valence-electron chi connectivity index (χ1n) is 8.83. The van der Waals surface area contributed by atoms with E-state index in [0.29, 0.717) is 25.4 Å². The van der Waals surface area contributed by atoms with E-state index < -0.39 is 5.60 Å². The average molecular weight is 344 g/mol. The summed E-state index contributed by atoms with van der Waals surface area (Å²) in [7, 11) is 0. The number of aliphatic hydroxyl groups is 1. The highest BCUT2D eigenvalue weighted by atomic mass is 32.1. The Kier molecular flexibility index (Phi) is 4.33. The number of nitrogens with one attached hydrogen (secondary N) is 1.